The van der Waals surface area contributed by atoms with Crippen molar-refractivity contribution in [1.82, 2.24) is 5.32 Å². The molecule has 0 bridgehead atoms. The number of aryl methyl sites for hydroxylation is 1. The molecule has 0 fully saturated rings. The average molecular weight is 278 g/mol. The van der Waals surface area contributed by atoms with Gasteiger partial charge in [0.1, 0.15) is 18.4 Å². The summed E-state index contributed by atoms with van der Waals surface area (Å²) in [4.78, 5) is 11.4. The number of rotatable bonds is 4. The largest absolute Gasteiger partial charge is 0.405 e. The highest BCUT2D eigenvalue weighted by Gasteiger charge is 2.28. The van der Waals surface area contributed by atoms with Crippen molar-refractivity contribution in [3.8, 4) is 0 Å². The first-order valence-corrected chi connectivity index (χ1v) is 5.56. The molecule has 1 aromatic carbocycles. The van der Waals surface area contributed by atoms with Crippen LogP contribution in [0.15, 0.2) is 18.2 Å². The number of amides is 1. The molecule has 0 aliphatic heterocycles. The number of nitrogens with one attached hydrogen (secondary N) is 2. The summed E-state index contributed by atoms with van der Waals surface area (Å²) < 4.78 is 49.2. The summed E-state index contributed by atoms with van der Waals surface area (Å²) >= 11 is 0. The molecule has 106 valence electrons. The molecule has 0 aliphatic rings. The van der Waals surface area contributed by atoms with E-state index in [-0.39, 0.29) is 5.69 Å². The minimum atomic E-state index is -4.47. The van der Waals surface area contributed by atoms with E-state index in [0.717, 1.165) is 0 Å². The van der Waals surface area contributed by atoms with Crippen LogP contribution in [-0.2, 0) is 4.79 Å². The van der Waals surface area contributed by atoms with Crippen LogP contribution in [0, 0.1) is 12.7 Å². The van der Waals surface area contributed by atoms with Gasteiger partial charge in [0.15, 0.2) is 0 Å². The molecule has 0 radical (unpaired) electrons. The van der Waals surface area contributed by atoms with Crippen LogP contribution >= 0.6 is 0 Å². The van der Waals surface area contributed by atoms with Gasteiger partial charge >= 0.3 is 6.18 Å². The molecule has 1 atom stereocenters. The Kier molecular flexibility index (Phi) is 4.74. The van der Waals surface area contributed by atoms with Crippen LogP contribution in [0.5, 0.6) is 0 Å². The first-order chi connectivity index (χ1) is 8.69. The number of carbonyl (C=O) groups excluding carboxylic acids is 1. The minimum absolute atomic E-state index is 0.0697. The summed E-state index contributed by atoms with van der Waals surface area (Å²) in [5, 5.41) is 4.24. The number of halogens is 4. The summed E-state index contributed by atoms with van der Waals surface area (Å²) in [6, 6.07) is 3.35. The fraction of sp³-hybridized carbons (Fsp3) is 0.417. The van der Waals surface area contributed by atoms with Crippen molar-refractivity contribution in [3.05, 3.63) is 29.6 Å². The standard InChI is InChI=1S/C12H14F4N2O/c1-7-3-4-10(9(13)5-7)18-8(2)11(19)17-6-12(14,15)16/h3-5,8,18H,6H2,1-2H3,(H,17,19). The summed E-state index contributed by atoms with van der Waals surface area (Å²) in [6.07, 6.45) is -4.47. The second-order valence-electron chi connectivity index (χ2n) is 4.18. The molecule has 2 N–H and O–H groups in total. The maximum atomic E-state index is 13.5. The van der Waals surface area contributed by atoms with Crippen LogP contribution in [0.3, 0.4) is 0 Å². The Balaban J connectivity index is 2.59. The molecule has 0 spiro atoms. The maximum absolute atomic E-state index is 13.5. The summed E-state index contributed by atoms with van der Waals surface area (Å²) in [7, 11) is 0. The lowest BCUT2D eigenvalue weighted by Gasteiger charge is -2.16. The highest BCUT2D eigenvalue weighted by molar-refractivity contribution is 5.84. The van der Waals surface area contributed by atoms with Gasteiger partial charge in [-0.2, -0.15) is 13.2 Å². The fourth-order valence-electron chi connectivity index (χ4n) is 1.38. The van der Waals surface area contributed by atoms with E-state index in [1.54, 1.807) is 18.3 Å². The Labute approximate surface area is 108 Å². The van der Waals surface area contributed by atoms with E-state index in [2.05, 4.69) is 5.32 Å². The molecule has 0 heterocycles. The van der Waals surface area contributed by atoms with Crippen molar-refractivity contribution in [2.75, 3.05) is 11.9 Å². The van der Waals surface area contributed by atoms with Crippen molar-refractivity contribution in [3.63, 3.8) is 0 Å². The van der Waals surface area contributed by atoms with E-state index < -0.39 is 30.5 Å². The Bertz CT molecular complexity index is 460. The highest BCUT2D eigenvalue weighted by atomic mass is 19.4. The van der Waals surface area contributed by atoms with Gasteiger partial charge in [-0.05, 0) is 31.5 Å². The summed E-state index contributed by atoms with van der Waals surface area (Å²) in [6.45, 7) is 1.64. The molecule has 1 aromatic rings. The lowest BCUT2D eigenvalue weighted by Crippen LogP contribution is -2.42. The molecule has 1 unspecified atom stereocenters. The average Bonchev–Trinajstić information content (AvgIpc) is 2.28. The van der Waals surface area contributed by atoms with E-state index in [1.165, 1.54) is 19.1 Å². The zero-order valence-electron chi connectivity index (χ0n) is 10.4. The molecule has 0 saturated carbocycles. The molecule has 0 aromatic heterocycles. The van der Waals surface area contributed by atoms with Crippen LogP contribution in [-0.4, -0.2) is 24.7 Å². The molecule has 0 saturated heterocycles. The quantitative estimate of drug-likeness (QED) is 0.831. The van der Waals surface area contributed by atoms with Crippen molar-refractivity contribution in [2.24, 2.45) is 0 Å². The van der Waals surface area contributed by atoms with E-state index >= 15 is 0 Å². The Hall–Kier alpha value is -1.79. The van der Waals surface area contributed by atoms with Crippen LogP contribution in [0.2, 0.25) is 0 Å². The predicted octanol–water partition coefficient (Wildman–Crippen LogP) is 2.61. The van der Waals surface area contributed by atoms with Gasteiger partial charge in [0, 0.05) is 0 Å². The van der Waals surface area contributed by atoms with E-state index in [4.69, 9.17) is 0 Å². The molecule has 7 heteroatoms. The number of hydrogen-bond donors (Lipinski definition) is 2. The van der Waals surface area contributed by atoms with Gasteiger partial charge in [-0.3, -0.25) is 4.79 Å². The molecule has 1 rings (SSSR count). The van der Waals surface area contributed by atoms with E-state index in [0.29, 0.717) is 5.56 Å². The van der Waals surface area contributed by atoms with Crippen LogP contribution in [0.1, 0.15) is 12.5 Å². The first kappa shape index (κ1) is 15.3. The number of alkyl halides is 3. The molecule has 3 nitrogen and oxygen atoms in total. The monoisotopic (exact) mass is 278 g/mol. The van der Waals surface area contributed by atoms with Gasteiger partial charge in [-0.1, -0.05) is 6.07 Å². The van der Waals surface area contributed by atoms with Gasteiger partial charge < -0.3 is 10.6 Å². The second kappa shape index (κ2) is 5.90. The van der Waals surface area contributed by atoms with Crippen molar-refractivity contribution in [2.45, 2.75) is 26.1 Å². The van der Waals surface area contributed by atoms with Gasteiger partial charge in [-0.15, -0.1) is 0 Å². The smallest absolute Gasteiger partial charge is 0.372 e. The number of benzene rings is 1. The third kappa shape index (κ3) is 5.15. The third-order valence-corrected chi connectivity index (χ3v) is 2.35. The van der Waals surface area contributed by atoms with Crippen molar-refractivity contribution < 1.29 is 22.4 Å². The molecular formula is C12H14F4N2O. The fourth-order valence-corrected chi connectivity index (χ4v) is 1.38. The molecule has 0 aliphatic carbocycles. The minimum Gasteiger partial charge on any atom is -0.372 e. The maximum Gasteiger partial charge on any atom is 0.405 e. The van der Waals surface area contributed by atoms with Crippen LogP contribution in [0.25, 0.3) is 0 Å². The second-order valence-corrected chi connectivity index (χ2v) is 4.18. The predicted molar refractivity (Wildman–Crippen MR) is 63.3 cm³/mol. The normalized spacial score (nSPS) is 12.9. The number of anilines is 1. The van der Waals surface area contributed by atoms with E-state index in [1.807, 2.05) is 0 Å². The molecule has 1 amide bonds. The number of hydrogen-bond acceptors (Lipinski definition) is 2. The topological polar surface area (TPSA) is 41.1 Å². The van der Waals surface area contributed by atoms with Gasteiger partial charge in [-0.25, -0.2) is 4.39 Å². The lowest BCUT2D eigenvalue weighted by atomic mass is 10.2. The van der Waals surface area contributed by atoms with E-state index in [9.17, 15) is 22.4 Å². The van der Waals surface area contributed by atoms with Crippen LogP contribution < -0.4 is 10.6 Å². The summed E-state index contributed by atoms with van der Waals surface area (Å²) in [5.41, 5.74) is 0.775. The van der Waals surface area contributed by atoms with Crippen molar-refractivity contribution >= 4 is 11.6 Å². The zero-order valence-corrected chi connectivity index (χ0v) is 10.4. The van der Waals surface area contributed by atoms with Gasteiger partial charge in [0.25, 0.3) is 0 Å². The zero-order chi connectivity index (χ0) is 14.6. The SMILES string of the molecule is Cc1ccc(NC(C)C(=O)NCC(F)(F)F)c(F)c1. The molecule has 19 heavy (non-hydrogen) atoms. The Morgan fingerprint density at radius 3 is 2.53 bits per heavy atom. The third-order valence-electron chi connectivity index (χ3n) is 2.35. The van der Waals surface area contributed by atoms with Crippen LogP contribution in [0.4, 0.5) is 23.2 Å². The summed E-state index contributed by atoms with van der Waals surface area (Å²) in [5.74, 6) is -1.41. The lowest BCUT2D eigenvalue weighted by molar-refractivity contribution is -0.138. The highest BCUT2D eigenvalue weighted by Crippen LogP contribution is 2.16. The first-order valence-electron chi connectivity index (χ1n) is 5.56. The number of carbonyl (C=O) groups is 1. The van der Waals surface area contributed by atoms with Gasteiger partial charge in [0.05, 0.1) is 5.69 Å². The van der Waals surface area contributed by atoms with Crippen molar-refractivity contribution in [1.29, 1.82) is 0 Å². The molecular weight excluding hydrogens is 264 g/mol. The van der Waals surface area contributed by atoms with Gasteiger partial charge in [0.2, 0.25) is 5.91 Å². The Morgan fingerprint density at radius 1 is 1.37 bits per heavy atom. The Morgan fingerprint density at radius 2 is 2.00 bits per heavy atom.